The highest BCUT2D eigenvalue weighted by atomic mass is 35.5. The van der Waals surface area contributed by atoms with E-state index in [4.69, 9.17) is 11.6 Å². The summed E-state index contributed by atoms with van der Waals surface area (Å²) >= 11 is 6.37. The molecule has 1 saturated heterocycles. The second-order valence-electron chi connectivity index (χ2n) is 4.91. The normalized spacial score (nSPS) is 17.3. The summed E-state index contributed by atoms with van der Waals surface area (Å²) in [7, 11) is 2.18. The number of aromatic amines is 1. The second-order valence-corrected chi connectivity index (χ2v) is 5.32. The van der Waals surface area contributed by atoms with Gasteiger partial charge in [0, 0.05) is 10.4 Å². The number of piperidine rings is 1. The Morgan fingerprint density at radius 2 is 1.95 bits per heavy atom. The first-order valence-electron chi connectivity index (χ1n) is 7.05. The summed E-state index contributed by atoms with van der Waals surface area (Å²) in [6, 6.07) is 4.19. The molecule has 2 aromatic rings. The van der Waals surface area contributed by atoms with Crippen LogP contribution >= 0.6 is 11.6 Å². The van der Waals surface area contributed by atoms with Crippen molar-refractivity contribution in [1.82, 2.24) is 15.1 Å². The van der Waals surface area contributed by atoms with Crippen molar-refractivity contribution in [2.24, 2.45) is 0 Å². The number of hydrogen-bond acceptors (Lipinski definition) is 2. The molecule has 1 aliphatic heterocycles. The first-order valence-corrected chi connectivity index (χ1v) is 7.43. The van der Waals surface area contributed by atoms with E-state index in [1.165, 1.54) is 18.4 Å². The Morgan fingerprint density at radius 1 is 1.26 bits per heavy atom. The van der Waals surface area contributed by atoms with Gasteiger partial charge >= 0.3 is 0 Å². The number of halogens is 1. The first kappa shape index (κ1) is 14.4. The fourth-order valence-corrected chi connectivity index (χ4v) is 2.94. The van der Waals surface area contributed by atoms with Gasteiger partial charge in [-0.1, -0.05) is 25.4 Å². The number of hydrogen-bond donors (Lipinski definition) is 1. The first-order chi connectivity index (χ1) is 9.24. The molecule has 0 amide bonds. The van der Waals surface area contributed by atoms with Crippen LogP contribution in [-0.4, -0.2) is 35.2 Å². The summed E-state index contributed by atoms with van der Waals surface area (Å²) in [5, 5.41) is 9.04. The van der Waals surface area contributed by atoms with Gasteiger partial charge in [0.25, 0.3) is 0 Å². The average Bonchev–Trinajstić information content (AvgIpc) is 2.88. The molecule has 1 aromatic carbocycles. The molecule has 0 aliphatic carbocycles. The molecule has 0 atom stereocenters. The number of fused-ring (bicyclic) bond motifs is 1. The summed E-state index contributed by atoms with van der Waals surface area (Å²) in [4.78, 5) is 2.37. The summed E-state index contributed by atoms with van der Waals surface area (Å²) in [6.45, 7) is 6.31. The van der Waals surface area contributed by atoms with E-state index in [2.05, 4.69) is 28.2 Å². The van der Waals surface area contributed by atoms with Crippen molar-refractivity contribution in [2.75, 3.05) is 20.1 Å². The lowest BCUT2D eigenvalue weighted by Crippen LogP contribution is -2.29. The van der Waals surface area contributed by atoms with Crippen molar-refractivity contribution in [3.8, 4) is 0 Å². The molecule has 3 rings (SSSR count). The van der Waals surface area contributed by atoms with E-state index < -0.39 is 0 Å². The van der Waals surface area contributed by atoms with Crippen LogP contribution in [0.2, 0.25) is 5.02 Å². The third-order valence-corrected chi connectivity index (χ3v) is 4.04. The van der Waals surface area contributed by atoms with Crippen LogP contribution in [-0.2, 0) is 0 Å². The third kappa shape index (κ3) is 3.10. The van der Waals surface area contributed by atoms with Crippen molar-refractivity contribution >= 4 is 22.5 Å². The van der Waals surface area contributed by atoms with Crippen LogP contribution in [0.4, 0.5) is 0 Å². The highest BCUT2D eigenvalue weighted by Gasteiger charge is 2.21. The van der Waals surface area contributed by atoms with Crippen LogP contribution in [0.5, 0.6) is 0 Å². The summed E-state index contributed by atoms with van der Waals surface area (Å²) in [5.74, 6) is 0.589. The van der Waals surface area contributed by atoms with Crippen LogP contribution in [0.1, 0.15) is 38.2 Å². The molecular formula is C15H22ClN3. The zero-order valence-corrected chi connectivity index (χ0v) is 12.7. The highest BCUT2D eigenvalue weighted by Crippen LogP contribution is 2.34. The van der Waals surface area contributed by atoms with Crippen molar-refractivity contribution in [3.05, 3.63) is 28.9 Å². The second kappa shape index (κ2) is 6.40. The Balaban J connectivity index is 0.000000637. The number of likely N-dealkylation sites (tertiary alicyclic amines) is 1. The lowest BCUT2D eigenvalue weighted by Gasteiger charge is -2.29. The smallest absolute Gasteiger partial charge is 0.0654 e. The van der Waals surface area contributed by atoms with E-state index in [1.54, 1.807) is 0 Å². The molecule has 3 nitrogen and oxygen atoms in total. The van der Waals surface area contributed by atoms with Crippen molar-refractivity contribution in [3.63, 3.8) is 0 Å². The van der Waals surface area contributed by atoms with Gasteiger partial charge in [-0.3, -0.25) is 5.10 Å². The largest absolute Gasteiger partial charge is 0.306 e. The van der Waals surface area contributed by atoms with E-state index in [-0.39, 0.29) is 0 Å². The van der Waals surface area contributed by atoms with Gasteiger partial charge in [0.1, 0.15) is 0 Å². The van der Waals surface area contributed by atoms with Gasteiger partial charge in [0.2, 0.25) is 0 Å². The van der Waals surface area contributed by atoms with Crippen LogP contribution < -0.4 is 0 Å². The molecule has 0 bridgehead atoms. The molecule has 0 unspecified atom stereocenters. The fraction of sp³-hybridized carbons (Fsp3) is 0.533. The van der Waals surface area contributed by atoms with E-state index in [1.807, 2.05) is 26.1 Å². The number of nitrogens with one attached hydrogen (secondary N) is 1. The number of benzene rings is 1. The Morgan fingerprint density at radius 3 is 2.63 bits per heavy atom. The van der Waals surface area contributed by atoms with Crippen molar-refractivity contribution in [2.45, 2.75) is 32.6 Å². The summed E-state index contributed by atoms with van der Waals surface area (Å²) in [6.07, 6.45) is 4.20. The fourth-order valence-electron chi connectivity index (χ4n) is 2.61. The van der Waals surface area contributed by atoms with Crippen LogP contribution in [0.25, 0.3) is 10.9 Å². The van der Waals surface area contributed by atoms with Crippen LogP contribution in [0.15, 0.2) is 18.3 Å². The molecule has 104 valence electrons. The van der Waals surface area contributed by atoms with E-state index >= 15 is 0 Å². The number of rotatable bonds is 1. The number of aromatic nitrogens is 2. The van der Waals surface area contributed by atoms with Gasteiger partial charge < -0.3 is 4.90 Å². The average molecular weight is 280 g/mol. The predicted octanol–water partition coefficient (Wildman–Crippen LogP) is 4.05. The molecule has 1 N–H and O–H groups in total. The number of H-pyrrole nitrogens is 1. The molecule has 1 fully saturated rings. The molecule has 1 aromatic heterocycles. The lowest BCUT2D eigenvalue weighted by molar-refractivity contribution is 0.255. The van der Waals surface area contributed by atoms with Gasteiger partial charge in [0.05, 0.1) is 11.7 Å². The SMILES string of the molecule is CC.CN1CCC(c2cc3[nH]ncc3cc2Cl)CC1. The lowest BCUT2D eigenvalue weighted by atomic mass is 9.89. The minimum absolute atomic E-state index is 0.589. The Labute approximate surface area is 119 Å². The minimum Gasteiger partial charge on any atom is -0.306 e. The third-order valence-electron chi connectivity index (χ3n) is 3.72. The van der Waals surface area contributed by atoms with Gasteiger partial charge in [-0.15, -0.1) is 0 Å². The molecular weight excluding hydrogens is 258 g/mol. The highest BCUT2D eigenvalue weighted by molar-refractivity contribution is 6.32. The van der Waals surface area contributed by atoms with Gasteiger partial charge in [-0.25, -0.2) is 0 Å². The molecule has 2 heterocycles. The van der Waals surface area contributed by atoms with Crippen LogP contribution in [0, 0.1) is 0 Å². The van der Waals surface area contributed by atoms with E-state index in [0.717, 1.165) is 29.0 Å². The van der Waals surface area contributed by atoms with E-state index in [9.17, 15) is 0 Å². The molecule has 0 saturated carbocycles. The van der Waals surface area contributed by atoms with Gasteiger partial charge in [0.15, 0.2) is 0 Å². The molecule has 19 heavy (non-hydrogen) atoms. The van der Waals surface area contributed by atoms with Gasteiger partial charge in [-0.05, 0) is 56.6 Å². The van der Waals surface area contributed by atoms with Crippen LogP contribution in [0.3, 0.4) is 0 Å². The molecule has 1 aliphatic rings. The monoisotopic (exact) mass is 279 g/mol. The summed E-state index contributed by atoms with van der Waals surface area (Å²) in [5.41, 5.74) is 2.36. The summed E-state index contributed by atoms with van der Waals surface area (Å²) < 4.78 is 0. The van der Waals surface area contributed by atoms with Gasteiger partial charge in [-0.2, -0.15) is 5.10 Å². The van der Waals surface area contributed by atoms with Crippen molar-refractivity contribution in [1.29, 1.82) is 0 Å². The maximum absolute atomic E-state index is 6.37. The zero-order valence-electron chi connectivity index (χ0n) is 11.9. The predicted molar refractivity (Wildman–Crippen MR) is 81.9 cm³/mol. The minimum atomic E-state index is 0.589. The van der Waals surface area contributed by atoms with E-state index in [0.29, 0.717) is 5.92 Å². The topological polar surface area (TPSA) is 31.9 Å². The molecule has 4 heteroatoms. The Kier molecular flexibility index (Phi) is 4.83. The Bertz CT molecular complexity index is 527. The number of nitrogens with zero attached hydrogens (tertiary/aromatic N) is 2. The quantitative estimate of drug-likeness (QED) is 0.854. The zero-order chi connectivity index (χ0) is 13.8. The molecule has 0 spiro atoms. The maximum Gasteiger partial charge on any atom is 0.0654 e. The Hall–Kier alpha value is -1.06. The van der Waals surface area contributed by atoms with Crippen molar-refractivity contribution < 1.29 is 0 Å². The standard InChI is InChI=1S/C13H16ClN3.C2H6/c1-17-4-2-9(3-5-17)11-7-13-10(6-12(11)14)8-15-16-13;1-2/h6-9H,2-5H2,1H3,(H,15,16);1-2H3. The maximum atomic E-state index is 6.37. The molecule has 0 radical (unpaired) electrons.